The monoisotopic (exact) mass is 303 g/mol. The number of hydrogen-bond acceptors (Lipinski definition) is 1. The summed E-state index contributed by atoms with van der Waals surface area (Å²) in [6.07, 6.45) is 2.36. The van der Waals surface area contributed by atoms with Gasteiger partial charge in [0, 0.05) is 22.1 Å². The van der Waals surface area contributed by atoms with Crippen LogP contribution < -0.4 is 0 Å². The first-order valence-corrected chi connectivity index (χ1v) is 6.89. The molecule has 0 bridgehead atoms. The third-order valence-electron chi connectivity index (χ3n) is 3.00. The molecular formula is C13H19BrClN. The Morgan fingerprint density at radius 1 is 1.31 bits per heavy atom. The second-order valence-electron chi connectivity index (χ2n) is 4.12. The van der Waals surface area contributed by atoms with Crippen molar-refractivity contribution in [3.05, 3.63) is 33.3 Å². The summed E-state index contributed by atoms with van der Waals surface area (Å²) < 4.78 is 1.03. The van der Waals surface area contributed by atoms with E-state index in [1.807, 2.05) is 12.1 Å². The first-order valence-electron chi connectivity index (χ1n) is 5.72. The van der Waals surface area contributed by atoms with E-state index in [2.05, 4.69) is 47.8 Å². The van der Waals surface area contributed by atoms with Crippen molar-refractivity contribution in [3.8, 4) is 0 Å². The average molecular weight is 305 g/mol. The van der Waals surface area contributed by atoms with Gasteiger partial charge in [0.05, 0.1) is 0 Å². The van der Waals surface area contributed by atoms with E-state index in [1.165, 1.54) is 18.4 Å². The van der Waals surface area contributed by atoms with Gasteiger partial charge < -0.3 is 0 Å². The maximum Gasteiger partial charge on any atom is 0.0462 e. The van der Waals surface area contributed by atoms with Gasteiger partial charge in [0.1, 0.15) is 0 Å². The topological polar surface area (TPSA) is 3.24 Å². The molecule has 0 saturated carbocycles. The van der Waals surface area contributed by atoms with Gasteiger partial charge in [-0.25, -0.2) is 0 Å². The standard InChI is InChI=1S/C13H19BrClN/c1-4-12(5-2)16(3)9-10-6-7-11(14)8-13(10)15/h6-8,12H,4-5,9H2,1-3H3. The predicted molar refractivity (Wildman–Crippen MR) is 75.0 cm³/mol. The summed E-state index contributed by atoms with van der Waals surface area (Å²) in [4.78, 5) is 2.37. The van der Waals surface area contributed by atoms with Gasteiger partial charge in [0.2, 0.25) is 0 Å². The van der Waals surface area contributed by atoms with Crippen LogP contribution in [0.25, 0.3) is 0 Å². The zero-order chi connectivity index (χ0) is 12.1. The summed E-state index contributed by atoms with van der Waals surface area (Å²) >= 11 is 9.63. The molecule has 0 radical (unpaired) electrons. The van der Waals surface area contributed by atoms with Gasteiger partial charge in [-0.2, -0.15) is 0 Å². The fraction of sp³-hybridized carbons (Fsp3) is 0.538. The maximum atomic E-state index is 6.21. The Morgan fingerprint density at radius 3 is 2.44 bits per heavy atom. The first kappa shape index (κ1) is 14.0. The van der Waals surface area contributed by atoms with Crippen molar-refractivity contribution in [3.63, 3.8) is 0 Å². The van der Waals surface area contributed by atoms with E-state index < -0.39 is 0 Å². The highest BCUT2D eigenvalue weighted by Crippen LogP contribution is 2.23. The summed E-state index contributed by atoms with van der Waals surface area (Å²) in [6, 6.07) is 6.73. The third-order valence-corrected chi connectivity index (χ3v) is 3.85. The quantitative estimate of drug-likeness (QED) is 0.760. The van der Waals surface area contributed by atoms with Gasteiger partial charge in [-0.3, -0.25) is 4.90 Å². The van der Waals surface area contributed by atoms with Gasteiger partial charge in [-0.15, -0.1) is 0 Å². The smallest absolute Gasteiger partial charge is 0.0462 e. The molecule has 0 N–H and O–H groups in total. The van der Waals surface area contributed by atoms with Crippen LogP contribution in [0.2, 0.25) is 5.02 Å². The van der Waals surface area contributed by atoms with Crippen LogP contribution in [0.15, 0.2) is 22.7 Å². The molecular weight excluding hydrogens is 286 g/mol. The van der Waals surface area contributed by atoms with Gasteiger partial charge in [0.15, 0.2) is 0 Å². The van der Waals surface area contributed by atoms with E-state index in [9.17, 15) is 0 Å². The Bertz CT molecular complexity index is 337. The van der Waals surface area contributed by atoms with Crippen molar-refractivity contribution in [2.45, 2.75) is 39.3 Å². The maximum absolute atomic E-state index is 6.21. The molecule has 1 nitrogen and oxygen atoms in total. The molecule has 0 aliphatic rings. The third kappa shape index (κ3) is 3.76. The number of halogens is 2. The SMILES string of the molecule is CCC(CC)N(C)Cc1ccc(Br)cc1Cl. The average Bonchev–Trinajstić information content (AvgIpc) is 2.24. The molecule has 0 aliphatic heterocycles. The van der Waals surface area contributed by atoms with Gasteiger partial charge >= 0.3 is 0 Å². The largest absolute Gasteiger partial charge is 0.299 e. The van der Waals surface area contributed by atoms with Crippen molar-refractivity contribution in [1.29, 1.82) is 0 Å². The van der Waals surface area contributed by atoms with Crippen LogP contribution in [-0.2, 0) is 6.54 Å². The van der Waals surface area contributed by atoms with Gasteiger partial charge in [0.25, 0.3) is 0 Å². The summed E-state index contributed by atoms with van der Waals surface area (Å²) in [5.74, 6) is 0. The van der Waals surface area contributed by atoms with E-state index in [-0.39, 0.29) is 0 Å². The minimum absolute atomic E-state index is 0.639. The number of hydrogen-bond donors (Lipinski definition) is 0. The van der Waals surface area contributed by atoms with E-state index in [4.69, 9.17) is 11.6 Å². The molecule has 0 aromatic heterocycles. The Labute approximate surface area is 112 Å². The summed E-state index contributed by atoms with van der Waals surface area (Å²) in [5.41, 5.74) is 1.19. The highest BCUT2D eigenvalue weighted by atomic mass is 79.9. The molecule has 1 aromatic carbocycles. The molecule has 0 heterocycles. The fourth-order valence-electron chi connectivity index (χ4n) is 1.96. The summed E-state index contributed by atoms with van der Waals surface area (Å²) in [7, 11) is 2.16. The molecule has 90 valence electrons. The lowest BCUT2D eigenvalue weighted by molar-refractivity contribution is 0.222. The molecule has 1 aromatic rings. The van der Waals surface area contributed by atoms with Crippen LogP contribution in [-0.4, -0.2) is 18.0 Å². The van der Waals surface area contributed by atoms with Crippen molar-refractivity contribution in [2.24, 2.45) is 0 Å². The highest BCUT2D eigenvalue weighted by molar-refractivity contribution is 9.10. The van der Waals surface area contributed by atoms with Crippen molar-refractivity contribution < 1.29 is 0 Å². The summed E-state index contributed by atoms with van der Waals surface area (Å²) in [6.45, 7) is 5.38. The van der Waals surface area contributed by atoms with E-state index in [1.54, 1.807) is 0 Å². The van der Waals surface area contributed by atoms with Crippen LogP contribution in [0.1, 0.15) is 32.3 Å². The number of nitrogens with zero attached hydrogens (tertiary/aromatic N) is 1. The number of benzene rings is 1. The molecule has 0 fully saturated rings. The molecule has 0 spiro atoms. The molecule has 0 atom stereocenters. The van der Waals surface area contributed by atoms with E-state index in [0.717, 1.165) is 16.0 Å². The van der Waals surface area contributed by atoms with Gasteiger partial charge in [-0.1, -0.05) is 47.4 Å². The van der Waals surface area contributed by atoms with Crippen LogP contribution in [0.4, 0.5) is 0 Å². The Morgan fingerprint density at radius 2 is 1.94 bits per heavy atom. The van der Waals surface area contributed by atoms with Crippen LogP contribution in [0.5, 0.6) is 0 Å². The lowest BCUT2D eigenvalue weighted by atomic mass is 10.1. The predicted octanol–water partition coefficient (Wildman–Crippen LogP) is 4.72. The Balaban J connectivity index is 2.72. The van der Waals surface area contributed by atoms with Gasteiger partial charge in [-0.05, 0) is 37.6 Å². The lowest BCUT2D eigenvalue weighted by Crippen LogP contribution is -2.30. The van der Waals surface area contributed by atoms with Crippen LogP contribution >= 0.6 is 27.5 Å². The number of rotatable bonds is 5. The molecule has 3 heteroatoms. The minimum Gasteiger partial charge on any atom is -0.299 e. The minimum atomic E-state index is 0.639. The summed E-state index contributed by atoms with van der Waals surface area (Å²) in [5, 5.41) is 0.840. The van der Waals surface area contributed by atoms with Crippen molar-refractivity contribution >= 4 is 27.5 Å². The normalized spacial score (nSPS) is 11.4. The lowest BCUT2D eigenvalue weighted by Gasteiger charge is -2.26. The zero-order valence-electron chi connectivity index (χ0n) is 10.1. The molecule has 16 heavy (non-hydrogen) atoms. The highest BCUT2D eigenvalue weighted by Gasteiger charge is 2.12. The first-order chi connectivity index (χ1) is 7.58. The molecule has 0 aliphatic carbocycles. The van der Waals surface area contributed by atoms with Crippen molar-refractivity contribution in [2.75, 3.05) is 7.05 Å². The second-order valence-corrected chi connectivity index (χ2v) is 5.44. The van der Waals surface area contributed by atoms with E-state index >= 15 is 0 Å². The fourth-order valence-corrected chi connectivity index (χ4v) is 2.69. The molecule has 1 rings (SSSR count). The van der Waals surface area contributed by atoms with E-state index in [0.29, 0.717) is 6.04 Å². The second kappa shape index (κ2) is 6.63. The molecule has 0 unspecified atom stereocenters. The molecule has 0 amide bonds. The van der Waals surface area contributed by atoms with Crippen LogP contribution in [0, 0.1) is 0 Å². The zero-order valence-corrected chi connectivity index (χ0v) is 12.5. The van der Waals surface area contributed by atoms with Crippen molar-refractivity contribution in [1.82, 2.24) is 4.90 Å². The van der Waals surface area contributed by atoms with Crippen LogP contribution in [0.3, 0.4) is 0 Å². The Kier molecular flexibility index (Phi) is 5.81. The Hall–Kier alpha value is -0.0500. The molecule has 0 saturated heterocycles.